The van der Waals surface area contributed by atoms with Gasteiger partial charge in [-0.25, -0.2) is 8.42 Å². The van der Waals surface area contributed by atoms with E-state index in [9.17, 15) is 18.3 Å². The van der Waals surface area contributed by atoms with Gasteiger partial charge in [0.2, 0.25) is 0 Å². The van der Waals surface area contributed by atoms with Crippen molar-refractivity contribution in [1.29, 1.82) is 0 Å². The number of hydrogen-bond acceptors (Lipinski definition) is 6. The van der Waals surface area contributed by atoms with Gasteiger partial charge in [0, 0.05) is 36.3 Å². The van der Waals surface area contributed by atoms with Gasteiger partial charge in [0.15, 0.2) is 0 Å². The fourth-order valence-electron chi connectivity index (χ4n) is 4.45. The number of benzene rings is 2. The van der Waals surface area contributed by atoms with Crippen LogP contribution in [0.25, 0.3) is 0 Å². The number of hydrogen-bond donors (Lipinski definition) is 2. The van der Waals surface area contributed by atoms with Crippen LogP contribution < -0.4 is 9.46 Å². The van der Waals surface area contributed by atoms with Crippen molar-refractivity contribution in [2.75, 3.05) is 38.0 Å². The van der Waals surface area contributed by atoms with Gasteiger partial charge in [-0.05, 0) is 75.2 Å². The Hall–Kier alpha value is -2.33. The standard InChI is InChI=1S/C26H34ClN3O5S/c1-17-13-30(18(2)16-31)26(32)23-12-21(28-36(33,34)22-9-6-20(27)7-10-22)8-11-24(23)35-25(17)15-29(3)14-19-4-5-19/h6-12,17-19,25,28,31H,4-5,13-16H2,1-3H3/t17-,18+,25+/m1/s1. The van der Waals surface area contributed by atoms with Crippen molar-refractivity contribution in [3.05, 3.63) is 53.1 Å². The fraction of sp³-hybridized carbons (Fsp3) is 0.500. The summed E-state index contributed by atoms with van der Waals surface area (Å²) in [6.45, 7) is 5.82. The molecule has 0 radical (unpaired) electrons. The highest BCUT2D eigenvalue weighted by atomic mass is 35.5. The summed E-state index contributed by atoms with van der Waals surface area (Å²) < 4.78 is 34.7. The lowest BCUT2D eigenvalue weighted by Crippen LogP contribution is -2.50. The first-order valence-electron chi connectivity index (χ1n) is 12.3. The highest BCUT2D eigenvalue weighted by molar-refractivity contribution is 7.92. The van der Waals surface area contributed by atoms with Crippen LogP contribution in [0.5, 0.6) is 5.75 Å². The summed E-state index contributed by atoms with van der Waals surface area (Å²) in [4.78, 5) is 17.6. The third-order valence-electron chi connectivity index (χ3n) is 6.80. The van der Waals surface area contributed by atoms with E-state index in [-0.39, 0.29) is 40.7 Å². The fourth-order valence-corrected chi connectivity index (χ4v) is 5.63. The lowest BCUT2D eigenvalue weighted by atomic mass is 9.99. The second-order valence-corrected chi connectivity index (χ2v) is 12.2. The number of fused-ring (bicyclic) bond motifs is 1. The number of nitrogens with zero attached hydrogens (tertiary/aromatic N) is 2. The van der Waals surface area contributed by atoms with Crippen LogP contribution in [0.4, 0.5) is 5.69 Å². The predicted octanol–water partition coefficient (Wildman–Crippen LogP) is 3.70. The molecule has 1 saturated carbocycles. The first-order valence-corrected chi connectivity index (χ1v) is 14.1. The molecule has 1 aliphatic heterocycles. The molecule has 10 heteroatoms. The van der Waals surface area contributed by atoms with Gasteiger partial charge in [-0.1, -0.05) is 18.5 Å². The molecule has 0 spiro atoms. The predicted molar refractivity (Wildman–Crippen MR) is 140 cm³/mol. The molecule has 8 nitrogen and oxygen atoms in total. The Morgan fingerprint density at radius 1 is 1.19 bits per heavy atom. The van der Waals surface area contributed by atoms with Crippen molar-refractivity contribution in [3.63, 3.8) is 0 Å². The third-order valence-corrected chi connectivity index (χ3v) is 8.45. The molecule has 1 heterocycles. The first-order chi connectivity index (χ1) is 17.1. The number of carbonyl (C=O) groups is 1. The largest absolute Gasteiger partial charge is 0.488 e. The van der Waals surface area contributed by atoms with Crippen LogP contribution in [-0.2, 0) is 10.0 Å². The number of likely N-dealkylation sites (N-methyl/N-ethyl adjacent to an activating group) is 1. The lowest BCUT2D eigenvalue weighted by molar-refractivity contribution is 0.0344. The maximum atomic E-state index is 13.6. The number of halogens is 1. The van der Waals surface area contributed by atoms with Crippen LogP contribution >= 0.6 is 11.6 Å². The van der Waals surface area contributed by atoms with Crippen molar-refractivity contribution >= 4 is 33.2 Å². The normalized spacial score (nSPS) is 21.4. The molecule has 0 unspecified atom stereocenters. The number of aliphatic hydroxyl groups excluding tert-OH is 1. The molecule has 2 aromatic carbocycles. The average molecular weight is 536 g/mol. The zero-order chi connectivity index (χ0) is 26.0. The molecule has 36 heavy (non-hydrogen) atoms. The molecule has 1 amide bonds. The number of carbonyl (C=O) groups excluding carboxylic acids is 1. The van der Waals surface area contributed by atoms with Gasteiger partial charge in [0.25, 0.3) is 15.9 Å². The molecule has 1 aliphatic carbocycles. The van der Waals surface area contributed by atoms with Crippen molar-refractivity contribution < 1.29 is 23.1 Å². The molecular formula is C26H34ClN3O5S. The number of ether oxygens (including phenoxy) is 1. The van der Waals surface area contributed by atoms with E-state index in [4.69, 9.17) is 16.3 Å². The number of aliphatic hydroxyl groups is 1. The van der Waals surface area contributed by atoms with E-state index in [1.807, 2.05) is 0 Å². The second-order valence-electron chi connectivity index (χ2n) is 10.1. The number of nitrogens with one attached hydrogen (secondary N) is 1. The molecule has 3 atom stereocenters. The lowest BCUT2D eigenvalue weighted by Gasteiger charge is -2.38. The van der Waals surface area contributed by atoms with Gasteiger partial charge in [0.1, 0.15) is 11.9 Å². The van der Waals surface area contributed by atoms with Crippen LogP contribution in [0.2, 0.25) is 5.02 Å². The third kappa shape index (κ3) is 6.32. The Kier molecular flexibility index (Phi) is 8.14. The maximum absolute atomic E-state index is 13.6. The Bertz CT molecular complexity index is 1190. The number of sulfonamides is 1. The monoisotopic (exact) mass is 535 g/mol. The molecule has 2 aromatic rings. The van der Waals surface area contributed by atoms with Crippen molar-refractivity contribution in [2.24, 2.45) is 11.8 Å². The summed E-state index contributed by atoms with van der Waals surface area (Å²) in [7, 11) is -1.80. The average Bonchev–Trinajstić information content (AvgIpc) is 3.65. The molecule has 2 N–H and O–H groups in total. The van der Waals surface area contributed by atoms with Gasteiger partial charge in [-0.15, -0.1) is 0 Å². The molecule has 0 aromatic heterocycles. The highest BCUT2D eigenvalue weighted by Crippen LogP contribution is 2.33. The van der Waals surface area contributed by atoms with E-state index in [1.165, 1.54) is 43.2 Å². The van der Waals surface area contributed by atoms with Crippen LogP contribution in [0.1, 0.15) is 37.0 Å². The molecule has 196 valence electrons. The summed E-state index contributed by atoms with van der Waals surface area (Å²) in [6, 6.07) is 10.2. The number of anilines is 1. The minimum atomic E-state index is -3.89. The molecular weight excluding hydrogens is 502 g/mol. The summed E-state index contributed by atoms with van der Waals surface area (Å²) in [5.41, 5.74) is 0.502. The highest BCUT2D eigenvalue weighted by Gasteiger charge is 2.34. The summed E-state index contributed by atoms with van der Waals surface area (Å²) in [6.07, 6.45) is 2.35. The molecule has 1 fully saturated rings. The Morgan fingerprint density at radius 2 is 1.89 bits per heavy atom. The maximum Gasteiger partial charge on any atom is 0.261 e. The molecule has 0 bridgehead atoms. The molecule has 4 rings (SSSR count). The van der Waals surface area contributed by atoms with E-state index in [2.05, 4.69) is 23.6 Å². The van der Waals surface area contributed by atoms with Gasteiger partial charge in [0.05, 0.1) is 23.1 Å². The molecule has 0 saturated heterocycles. The van der Waals surface area contributed by atoms with Gasteiger partial charge in [-0.2, -0.15) is 0 Å². The van der Waals surface area contributed by atoms with Crippen molar-refractivity contribution in [2.45, 2.75) is 43.7 Å². The van der Waals surface area contributed by atoms with Crippen LogP contribution in [0.3, 0.4) is 0 Å². The minimum Gasteiger partial charge on any atom is -0.488 e. The Morgan fingerprint density at radius 3 is 2.53 bits per heavy atom. The van der Waals surface area contributed by atoms with Crippen LogP contribution in [-0.4, -0.2) is 74.7 Å². The van der Waals surface area contributed by atoms with Crippen LogP contribution in [0.15, 0.2) is 47.4 Å². The first kappa shape index (κ1) is 26.7. The Labute approximate surface area is 218 Å². The SMILES string of the molecule is C[C@@H]1CN([C@@H](C)CO)C(=O)c2cc(NS(=O)(=O)c3ccc(Cl)cc3)ccc2O[C@H]1CN(C)CC1CC1. The summed E-state index contributed by atoms with van der Waals surface area (Å²) in [5.74, 6) is 0.868. The zero-order valence-electron chi connectivity index (χ0n) is 20.9. The van der Waals surface area contributed by atoms with Gasteiger partial charge >= 0.3 is 0 Å². The smallest absolute Gasteiger partial charge is 0.261 e. The van der Waals surface area contributed by atoms with Crippen molar-refractivity contribution in [3.8, 4) is 5.75 Å². The van der Waals surface area contributed by atoms with Crippen molar-refractivity contribution in [1.82, 2.24) is 9.80 Å². The quantitative estimate of drug-likeness (QED) is 0.508. The van der Waals surface area contributed by atoms with E-state index in [1.54, 1.807) is 24.0 Å². The summed E-state index contributed by atoms with van der Waals surface area (Å²) >= 11 is 5.89. The van der Waals surface area contributed by atoms with Crippen LogP contribution in [0, 0.1) is 11.8 Å². The van der Waals surface area contributed by atoms with Gasteiger partial charge < -0.3 is 19.6 Å². The van der Waals surface area contributed by atoms with E-state index in [0.717, 1.165) is 12.5 Å². The van der Waals surface area contributed by atoms with E-state index < -0.39 is 16.1 Å². The molecule has 2 aliphatic rings. The minimum absolute atomic E-state index is 0.0286. The number of rotatable bonds is 9. The topological polar surface area (TPSA) is 99.2 Å². The zero-order valence-corrected chi connectivity index (χ0v) is 22.4. The van der Waals surface area contributed by atoms with Gasteiger partial charge in [-0.3, -0.25) is 9.52 Å². The second kappa shape index (κ2) is 11.0. The number of amides is 1. The Balaban J connectivity index is 1.64. The van der Waals surface area contributed by atoms with E-state index in [0.29, 0.717) is 23.9 Å². The van der Waals surface area contributed by atoms with E-state index >= 15 is 0 Å². The summed E-state index contributed by atoms with van der Waals surface area (Å²) in [5, 5.41) is 10.3.